The van der Waals surface area contributed by atoms with Crippen molar-refractivity contribution in [2.24, 2.45) is 0 Å². The zero-order valence-corrected chi connectivity index (χ0v) is 17.0. The summed E-state index contributed by atoms with van der Waals surface area (Å²) in [6.45, 7) is 2.71. The van der Waals surface area contributed by atoms with Crippen molar-refractivity contribution < 1.29 is 24.1 Å². The molecule has 0 saturated heterocycles. The molecule has 2 heterocycles. The van der Waals surface area contributed by atoms with E-state index in [9.17, 15) is 9.90 Å². The second kappa shape index (κ2) is 9.02. The van der Waals surface area contributed by atoms with Crippen molar-refractivity contribution in [3.63, 3.8) is 0 Å². The Morgan fingerprint density at radius 1 is 1.03 bits per heavy atom. The Kier molecular flexibility index (Phi) is 6.02. The Hall–Kier alpha value is -3.29. The third kappa shape index (κ3) is 4.32. The molecule has 4 rings (SSSR count). The summed E-state index contributed by atoms with van der Waals surface area (Å²) in [6, 6.07) is 8.12. The minimum atomic E-state index is -0.370. The van der Waals surface area contributed by atoms with Crippen LogP contribution in [0.5, 0.6) is 17.2 Å². The fraction of sp³-hybridized carbons (Fsp3) is 0.409. The Morgan fingerprint density at radius 2 is 1.77 bits per heavy atom. The summed E-state index contributed by atoms with van der Waals surface area (Å²) < 4.78 is 16.0. The molecule has 1 aromatic heterocycles. The quantitative estimate of drug-likeness (QED) is 0.412. The van der Waals surface area contributed by atoms with Crippen molar-refractivity contribution in [1.82, 2.24) is 15.0 Å². The average Bonchev–Trinajstić information content (AvgIpc) is 3.37. The number of nitrogens with zero attached hydrogens (tertiary/aromatic N) is 3. The molecule has 8 nitrogen and oxygen atoms in total. The zero-order chi connectivity index (χ0) is 20.9. The fourth-order valence-corrected chi connectivity index (χ4v) is 3.36. The molecule has 2 aromatic carbocycles. The third-order valence-electron chi connectivity index (χ3n) is 5.03. The van der Waals surface area contributed by atoms with E-state index < -0.39 is 0 Å². The van der Waals surface area contributed by atoms with Gasteiger partial charge in [0.15, 0.2) is 11.5 Å². The lowest BCUT2D eigenvalue weighted by Crippen LogP contribution is -2.06. The van der Waals surface area contributed by atoms with Crippen LogP contribution in [0.25, 0.3) is 16.7 Å². The van der Waals surface area contributed by atoms with Crippen LogP contribution in [0, 0.1) is 0 Å². The van der Waals surface area contributed by atoms with E-state index in [4.69, 9.17) is 14.2 Å². The van der Waals surface area contributed by atoms with Gasteiger partial charge in [-0.1, -0.05) is 39.0 Å². The predicted octanol–water partition coefficient (Wildman–Crippen LogP) is 4.37. The maximum absolute atomic E-state index is 12.3. The minimum absolute atomic E-state index is 0.0295. The van der Waals surface area contributed by atoms with E-state index in [1.54, 1.807) is 24.3 Å². The van der Waals surface area contributed by atoms with Crippen molar-refractivity contribution in [3.8, 4) is 22.9 Å². The van der Waals surface area contributed by atoms with Crippen LogP contribution in [0.15, 0.2) is 30.3 Å². The van der Waals surface area contributed by atoms with Crippen LogP contribution >= 0.6 is 0 Å². The molecule has 0 aliphatic carbocycles. The molecule has 1 aliphatic heterocycles. The highest BCUT2D eigenvalue weighted by Gasteiger charge is 2.20. The highest BCUT2D eigenvalue weighted by Crippen LogP contribution is 2.39. The highest BCUT2D eigenvalue weighted by atomic mass is 16.7. The molecule has 0 amide bonds. The molecular weight excluding hydrogens is 386 g/mol. The third-order valence-corrected chi connectivity index (χ3v) is 5.03. The Balaban J connectivity index is 1.42. The van der Waals surface area contributed by atoms with Crippen LogP contribution in [0.2, 0.25) is 0 Å². The largest absolute Gasteiger partial charge is 0.505 e. The SMILES string of the molecule is CCCCCCCCOC(=O)c1ccc2nn(-c3cc4c(cc3O)OCO4)nc2c1. The summed E-state index contributed by atoms with van der Waals surface area (Å²) in [5.41, 5.74) is 1.92. The van der Waals surface area contributed by atoms with Crippen molar-refractivity contribution in [2.45, 2.75) is 45.4 Å². The van der Waals surface area contributed by atoms with Crippen molar-refractivity contribution in [1.29, 1.82) is 0 Å². The molecule has 0 bridgehead atoms. The number of benzene rings is 2. The van der Waals surface area contributed by atoms with Crippen LogP contribution in [0.3, 0.4) is 0 Å². The first-order chi connectivity index (χ1) is 14.7. The topological polar surface area (TPSA) is 95.7 Å². The standard InChI is InChI=1S/C22H25N3O5/c1-2-3-4-5-6-7-10-28-22(27)15-8-9-16-17(11-15)24-25(23-16)18-12-20-21(13-19(18)26)30-14-29-20/h8-9,11-13,26H,2-7,10,14H2,1H3. The normalized spacial score (nSPS) is 12.4. The van der Waals surface area contributed by atoms with Gasteiger partial charge >= 0.3 is 5.97 Å². The fourth-order valence-electron chi connectivity index (χ4n) is 3.36. The predicted molar refractivity (Wildman–Crippen MR) is 110 cm³/mol. The maximum atomic E-state index is 12.3. The van der Waals surface area contributed by atoms with Crippen LogP contribution in [0.1, 0.15) is 55.8 Å². The lowest BCUT2D eigenvalue weighted by Gasteiger charge is -2.04. The van der Waals surface area contributed by atoms with E-state index >= 15 is 0 Å². The Labute approximate surface area is 174 Å². The van der Waals surface area contributed by atoms with Crippen LogP contribution < -0.4 is 9.47 Å². The number of aromatic hydroxyl groups is 1. The number of phenolic OH excluding ortho intramolecular Hbond substituents is 1. The first-order valence-corrected chi connectivity index (χ1v) is 10.3. The first kappa shape index (κ1) is 20.0. The molecule has 0 fully saturated rings. The molecule has 1 aliphatic rings. The average molecular weight is 411 g/mol. The number of fused-ring (bicyclic) bond motifs is 2. The van der Waals surface area contributed by atoms with E-state index in [0.717, 1.165) is 12.8 Å². The van der Waals surface area contributed by atoms with Crippen molar-refractivity contribution in [2.75, 3.05) is 13.4 Å². The second-order valence-corrected chi connectivity index (χ2v) is 7.29. The molecule has 30 heavy (non-hydrogen) atoms. The molecule has 3 aromatic rings. The number of aromatic nitrogens is 3. The van der Waals surface area contributed by atoms with Crippen LogP contribution in [-0.2, 0) is 4.74 Å². The molecule has 0 unspecified atom stereocenters. The van der Waals surface area contributed by atoms with Gasteiger partial charge in [0.2, 0.25) is 6.79 Å². The number of carbonyl (C=O) groups excluding carboxylic acids is 1. The maximum Gasteiger partial charge on any atom is 0.338 e. The number of phenols is 1. The molecule has 0 saturated carbocycles. The molecule has 0 atom stereocenters. The second-order valence-electron chi connectivity index (χ2n) is 7.29. The van der Waals surface area contributed by atoms with Gasteiger partial charge in [-0.25, -0.2) is 4.79 Å². The Bertz CT molecular complexity index is 1050. The first-order valence-electron chi connectivity index (χ1n) is 10.3. The highest BCUT2D eigenvalue weighted by molar-refractivity contribution is 5.93. The molecule has 8 heteroatoms. The van der Waals surface area contributed by atoms with Crippen molar-refractivity contribution >= 4 is 17.0 Å². The Morgan fingerprint density at radius 3 is 2.60 bits per heavy atom. The van der Waals surface area contributed by atoms with Crippen LogP contribution in [0.4, 0.5) is 0 Å². The summed E-state index contributed by atoms with van der Waals surface area (Å²) in [4.78, 5) is 13.6. The number of rotatable bonds is 9. The number of esters is 1. The summed E-state index contributed by atoms with van der Waals surface area (Å²) in [5.74, 6) is 0.593. The summed E-state index contributed by atoms with van der Waals surface area (Å²) in [7, 11) is 0. The van der Waals surface area contributed by atoms with Gasteiger partial charge < -0.3 is 19.3 Å². The minimum Gasteiger partial charge on any atom is -0.505 e. The monoisotopic (exact) mass is 411 g/mol. The van der Waals surface area contributed by atoms with E-state index in [1.807, 2.05) is 0 Å². The molecule has 158 valence electrons. The van der Waals surface area contributed by atoms with Gasteiger partial charge in [0.05, 0.1) is 12.2 Å². The van der Waals surface area contributed by atoms with Gasteiger partial charge in [0, 0.05) is 12.1 Å². The van der Waals surface area contributed by atoms with Gasteiger partial charge in [0.25, 0.3) is 0 Å². The summed E-state index contributed by atoms with van der Waals surface area (Å²) in [5, 5.41) is 19.0. The summed E-state index contributed by atoms with van der Waals surface area (Å²) >= 11 is 0. The molecule has 0 spiro atoms. The smallest absolute Gasteiger partial charge is 0.338 e. The molecule has 1 N–H and O–H groups in total. The number of ether oxygens (including phenoxy) is 3. The number of hydrogen-bond acceptors (Lipinski definition) is 7. The van der Waals surface area contributed by atoms with E-state index in [1.165, 1.54) is 36.5 Å². The summed E-state index contributed by atoms with van der Waals surface area (Å²) in [6.07, 6.45) is 6.82. The van der Waals surface area contributed by atoms with Gasteiger partial charge in [-0.05, 0) is 24.6 Å². The lowest BCUT2D eigenvalue weighted by molar-refractivity contribution is 0.0498. The molecular formula is C22H25N3O5. The zero-order valence-electron chi connectivity index (χ0n) is 17.0. The van der Waals surface area contributed by atoms with E-state index in [-0.39, 0.29) is 18.5 Å². The molecule has 0 radical (unpaired) electrons. The van der Waals surface area contributed by atoms with Gasteiger partial charge in [-0.2, -0.15) is 0 Å². The van der Waals surface area contributed by atoms with Gasteiger partial charge in [0.1, 0.15) is 22.5 Å². The number of carbonyl (C=O) groups is 1. The lowest BCUT2D eigenvalue weighted by atomic mass is 10.1. The van der Waals surface area contributed by atoms with Crippen molar-refractivity contribution in [3.05, 3.63) is 35.9 Å². The van der Waals surface area contributed by atoms with E-state index in [0.29, 0.717) is 40.4 Å². The number of hydrogen-bond donors (Lipinski definition) is 1. The van der Waals surface area contributed by atoms with Crippen LogP contribution in [-0.4, -0.2) is 39.5 Å². The van der Waals surface area contributed by atoms with E-state index in [2.05, 4.69) is 17.1 Å². The van der Waals surface area contributed by atoms with Gasteiger partial charge in [-0.3, -0.25) is 0 Å². The van der Waals surface area contributed by atoms with Gasteiger partial charge in [-0.15, -0.1) is 15.0 Å². The number of unbranched alkanes of at least 4 members (excludes halogenated alkanes) is 5.